The van der Waals surface area contributed by atoms with Crippen LogP contribution in [0.25, 0.3) is 10.8 Å². The number of halogens is 2. The highest BCUT2D eigenvalue weighted by Crippen LogP contribution is 2.34. The number of nitrogens with one attached hydrogen (secondary N) is 1. The number of hydrogen-bond donors (Lipinski definition) is 1. The van der Waals surface area contributed by atoms with Crippen LogP contribution in [0.5, 0.6) is 0 Å². The first kappa shape index (κ1) is 14.6. The number of methoxy groups -OCH3 is 1. The highest BCUT2D eigenvalue weighted by Gasteiger charge is 2.14. The van der Waals surface area contributed by atoms with Crippen molar-refractivity contribution in [3.05, 3.63) is 39.9 Å². The van der Waals surface area contributed by atoms with E-state index in [1.807, 2.05) is 0 Å². The Morgan fingerprint density at radius 1 is 1.15 bits per heavy atom. The smallest absolute Gasteiger partial charge is 0.337 e. The first-order chi connectivity index (χ1) is 9.42. The minimum atomic E-state index is -0.505. The van der Waals surface area contributed by atoms with Crippen LogP contribution in [0.4, 0.5) is 5.69 Å². The maximum absolute atomic E-state index is 11.7. The van der Waals surface area contributed by atoms with Gasteiger partial charge in [0.15, 0.2) is 0 Å². The summed E-state index contributed by atoms with van der Waals surface area (Å²) in [6.45, 7) is 1.38. The van der Waals surface area contributed by atoms with Crippen LogP contribution in [-0.4, -0.2) is 19.0 Å². The zero-order valence-corrected chi connectivity index (χ0v) is 12.3. The molecule has 0 saturated heterocycles. The highest BCUT2D eigenvalue weighted by atomic mass is 35.5. The maximum Gasteiger partial charge on any atom is 0.337 e. The molecule has 0 aliphatic heterocycles. The molecule has 20 heavy (non-hydrogen) atoms. The molecule has 0 unspecified atom stereocenters. The van der Waals surface area contributed by atoms with Crippen molar-refractivity contribution >= 4 is 51.5 Å². The van der Waals surface area contributed by atoms with Gasteiger partial charge in [-0.3, -0.25) is 4.79 Å². The van der Waals surface area contributed by atoms with Crippen LogP contribution in [0, 0.1) is 0 Å². The summed E-state index contributed by atoms with van der Waals surface area (Å²) in [4.78, 5) is 23.0. The second-order valence-corrected chi connectivity index (χ2v) is 5.03. The van der Waals surface area contributed by atoms with Crippen molar-refractivity contribution in [1.82, 2.24) is 0 Å². The van der Waals surface area contributed by atoms with E-state index in [1.165, 1.54) is 20.1 Å². The molecule has 0 aliphatic rings. The summed E-state index contributed by atoms with van der Waals surface area (Å²) < 4.78 is 4.69. The van der Waals surface area contributed by atoms with Crippen LogP contribution < -0.4 is 5.32 Å². The summed E-state index contributed by atoms with van der Waals surface area (Å²) in [6, 6.07) is 6.38. The second-order valence-electron chi connectivity index (χ2n) is 4.18. The van der Waals surface area contributed by atoms with Gasteiger partial charge < -0.3 is 10.1 Å². The predicted molar refractivity (Wildman–Crippen MR) is 79.6 cm³/mol. The van der Waals surface area contributed by atoms with Crippen LogP contribution in [0.2, 0.25) is 10.0 Å². The number of benzene rings is 2. The molecule has 2 rings (SSSR count). The Morgan fingerprint density at radius 2 is 1.85 bits per heavy atom. The number of esters is 1. The molecule has 0 radical (unpaired) electrons. The molecule has 0 aliphatic carbocycles. The van der Waals surface area contributed by atoms with Gasteiger partial charge in [0.1, 0.15) is 0 Å². The summed E-state index contributed by atoms with van der Waals surface area (Å²) >= 11 is 12.1. The van der Waals surface area contributed by atoms with Crippen LogP contribution in [0.1, 0.15) is 17.3 Å². The Kier molecular flexibility index (Phi) is 4.16. The summed E-state index contributed by atoms with van der Waals surface area (Å²) in [6.07, 6.45) is 0. The molecule has 2 aromatic carbocycles. The Balaban J connectivity index is 2.77. The fourth-order valence-corrected chi connectivity index (χ4v) is 2.56. The molecule has 0 spiro atoms. The van der Waals surface area contributed by atoms with E-state index in [1.54, 1.807) is 18.2 Å². The monoisotopic (exact) mass is 311 g/mol. The molecule has 1 N–H and O–H groups in total. The Morgan fingerprint density at radius 3 is 2.45 bits per heavy atom. The number of rotatable bonds is 2. The van der Waals surface area contributed by atoms with Crippen molar-refractivity contribution < 1.29 is 14.3 Å². The molecule has 0 heterocycles. The van der Waals surface area contributed by atoms with Gasteiger partial charge in [0.25, 0.3) is 0 Å². The maximum atomic E-state index is 11.7. The molecular formula is C14H11Cl2NO3. The Labute approximate surface area is 125 Å². The molecule has 0 fully saturated rings. The van der Waals surface area contributed by atoms with Crippen LogP contribution in [-0.2, 0) is 9.53 Å². The molecule has 2 aromatic rings. The fourth-order valence-electron chi connectivity index (χ4n) is 1.95. The number of ether oxygens (including phenoxy) is 1. The summed E-state index contributed by atoms with van der Waals surface area (Å²) in [7, 11) is 1.29. The van der Waals surface area contributed by atoms with E-state index in [2.05, 4.69) is 10.1 Å². The van der Waals surface area contributed by atoms with Crippen LogP contribution in [0.3, 0.4) is 0 Å². The third-order valence-corrected chi connectivity index (χ3v) is 3.21. The number of anilines is 1. The molecule has 0 atom stereocenters. The quantitative estimate of drug-likeness (QED) is 0.856. The van der Waals surface area contributed by atoms with Gasteiger partial charge in [0.05, 0.1) is 23.4 Å². The normalized spacial score (nSPS) is 10.4. The summed E-state index contributed by atoms with van der Waals surface area (Å²) in [5.74, 6) is -0.770. The van der Waals surface area contributed by atoms with Crippen molar-refractivity contribution in [3.8, 4) is 0 Å². The van der Waals surface area contributed by atoms with Gasteiger partial charge in [-0.05, 0) is 29.7 Å². The SMILES string of the molecule is COC(=O)c1cc(NC(C)=O)c2c(Cl)cc(Cl)cc2c1. The lowest BCUT2D eigenvalue weighted by atomic mass is 10.0. The number of carbonyl (C=O) groups excluding carboxylic acids is 2. The number of carbonyl (C=O) groups is 2. The molecule has 0 saturated carbocycles. The molecule has 1 amide bonds. The number of hydrogen-bond acceptors (Lipinski definition) is 3. The van der Waals surface area contributed by atoms with Crippen LogP contribution in [0.15, 0.2) is 24.3 Å². The Hall–Kier alpha value is -1.78. The lowest BCUT2D eigenvalue weighted by Gasteiger charge is -2.11. The summed E-state index contributed by atoms with van der Waals surface area (Å²) in [5.41, 5.74) is 0.749. The number of fused-ring (bicyclic) bond motifs is 1. The topological polar surface area (TPSA) is 55.4 Å². The number of amides is 1. The van der Waals surface area contributed by atoms with E-state index < -0.39 is 5.97 Å². The Bertz CT molecular complexity index is 713. The first-order valence-electron chi connectivity index (χ1n) is 5.71. The minimum Gasteiger partial charge on any atom is -0.465 e. The second kappa shape index (κ2) is 5.69. The van der Waals surface area contributed by atoms with Crippen molar-refractivity contribution in [2.75, 3.05) is 12.4 Å². The van der Waals surface area contributed by atoms with Crippen molar-refractivity contribution in [2.24, 2.45) is 0 Å². The van der Waals surface area contributed by atoms with E-state index in [9.17, 15) is 9.59 Å². The van der Waals surface area contributed by atoms with E-state index in [-0.39, 0.29) is 5.91 Å². The van der Waals surface area contributed by atoms with Gasteiger partial charge in [-0.25, -0.2) is 4.79 Å². The summed E-state index contributed by atoms with van der Waals surface area (Å²) in [5, 5.41) is 4.76. The third kappa shape index (κ3) is 2.86. The molecular weight excluding hydrogens is 301 g/mol. The predicted octanol–water partition coefficient (Wildman–Crippen LogP) is 3.89. The molecule has 104 valence electrons. The van der Waals surface area contributed by atoms with E-state index in [0.717, 1.165) is 0 Å². The van der Waals surface area contributed by atoms with Gasteiger partial charge in [-0.2, -0.15) is 0 Å². The average Bonchev–Trinajstić information content (AvgIpc) is 2.35. The fraction of sp³-hybridized carbons (Fsp3) is 0.143. The van der Waals surface area contributed by atoms with Gasteiger partial charge >= 0.3 is 5.97 Å². The third-order valence-electron chi connectivity index (χ3n) is 2.70. The molecule has 4 nitrogen and oxygen atoms in total. The van der Waals surface area contributed by atoms with Crippen LogP contribution >= 0.6 is 23.2 Å². The lowest BCUT2D eigenvalue weighted by Crippen LogP contribution is -2.08. The van der Waals surface area contributed by atoms with Crippen molar-refractivity contribution in [1.29, 1.82) is 0 Å². The first-order valence-corrected chi connectivity index (χ1v) is 6.46. The van der Waals surface area contributed by atoms with Gasteiger partial charge in [0, 0.05) is 17.3 Å². The minimum absolute atomic E-state index is 0.265. The average molecular weight is 312 g/mol. The standard InChI is InChI=1S/C14H11Cl2NO3/c1-7(18)17-12-5-9(14(19)20-2)3-8-4-10(15)6-11(16)13(8)12/h3-6H,1-2H3,(H,17,18). The largest absolute Gasteiger partial charge is 0.465 e. The van der Waals surface area contributed by atoms with E-state index in [4.69, 9.17) is 23.2 Å². The van der Waals surface area contributed by atoms with Gasteiger partial charge in [-0.1, -0.05) is 23.2 Å². The highest BCUT2D eigenvalue weighted by molar-refractivity contribution is 6.40. The zero-order chi connectivity index (χ0) is 14.9. The van der Waals surface area contributed by atoms with E-state index >= 15 is 0 Å². The lowest BCUT2D eigenvalue weighted by molar-refractivity contribution is -0.114. The zero-order valence-electron chi connectivity index (χ0n) is 10.8. The molecule has 6 heteroatoms. The van der Waals surface area contributed by atoms with Crippen molar-refractivity contribution in [2.45, 2.75) is 6.92 Å². The van der Waals surface area contributed by atoms with Gasteiger partial charge in [0.2, 0.25) is 5.91 Å². The molecule has 0 bridgehead atoms. The molecule has 0 aromatic heterocycles. The van der Waals surface area contributed by atoms with Crippen molar-refractivity contribution in [3.63, 3.8) is 0 Å². The van der Waals surface area contributed by atoms with E-state index in [0.29, 0.717) is 32.1 Å². The van der Waals surface area contributed by atoms with Gasteiger partial charge in [-0.15, -0.1) is 0 Å².